The highest BCUT2D eigenvalue weighted by Gasteiger charge is 2.16. The van der Waals surface area contributed by atoms with Gasteiger partial charge in [0.05, 0.1) is 5.69 Å². The maximum atomic E-state index is 13.8. The van der Waals surface area contributed by atoms with Crippen LogP contribution in [0.2, 0.25) is 0 Å². The molecule has 0 aliphatic heterocycles. The van der Waals surface area contributed by atoms with Crippen LogP contribution in [0, 0.1) is 11.7 Å². The summed E-state index contributed by atoms with van der Waals surface area (Å²) in [7, 11) is 0. The predicted octanol–water partition coefficient (Wildman–Crippen LogP) is 3.37. The molecule has 0 spiro atoms. The lowest BCUT2D eigenvalue weighted by Crippen LogP contribution is -2.15. The Kier molecular flexibility index (Phi) is 5.06. The second-order valence-corrected chi connectivity index (χ2v) is 5.74. The topological polar surface area (TPSA) is 55.1 Å². The lowest BCUT2D eigenvalue weighted by molar-refractivity contribution is -0.116. The Morgan fingerprint density at radius 2 is 2.10 bits per heavy atom. The molecule has 0 bridgehead atoms. The number of rotatable bonds is 5. The summed E-state index contributed by atoms with van der Waals surface area (Å²) in [5, 5.41) is 2.60. The van der Waals surface area contributed by atoms with E-state index in [9.17, 15) is 9.18 Å². The van der Waals surface area contributed by atoms with Crippen LogP contribution in [0.25, 0.3) is 0 Å². The number of benzene rings is 1. The van der Waals surface area contributed by atoms with Crippen LogP contribution in [0.5, 0.6) is 0 Å². The fraction of sp³-hybridized carbons (Fsp3) is 0.467. The van der Waals surface area contributed by atoms with E-state index >= 15 is 0 Å². The third-order valence-electron chi connectivity index (χ3n) is 3.78. The quantitative estimate of drug-likeness (QED) is 0.819. The van der Waals surface area contributed by atoms with E-state index in [1.807, 2.05) is 0 Å². The first-order valence-electron chi connectivity index (χ1n) is 6.95. The first-order chi connectivity index (χ1) is 9.56. The highest BCUT2D eigenvalue weighted by atomic mass is 32.1. The highest BCUT2D eigenvalue weighted by Crippen LogP contribution is 2.28. The minimum Gasteiger partial charge on any atom is -0.389 e. The van der Waals surface area contributed by atoms with Crippen LogP contribution in [0.15, 0.2) is 18.2 Å². The van der Waals surface area contributed by atoms with E-state index in [-0.39, 0.29) is 16.6 Å². The summed E-state index contributed by atoms with van der Waals surface area (Å²) in [4.78, 5) is 12.0. The summed E-state index contributed by atoms with van der Waals surface area (Å²) in [5.41, 5.74) is 6.07. The molecule has 5 heteroatoms. The van der Waals surface area contributed by atoms with Crippen LogP contribution in [-0.4, -0.2) is 10.9 Å². The van der Waals surface area contributed by atoms with Crippen molar-refractivity contribution in [2.24, 2.45) is 11.7 Å². The molecule has 0 radical (unpaired) electrons. The molecule has 1 aliphatic rings. The van der Waals surface area contributed by atoms with Crippen LogP contribution in [0.4, 0.5) is 10.1 Å². The number of nitrogens with one attached hydrogen (secondary N) is 1. The van der Waals surface area contributed by atoms with Gasteiger partial charge in [-0.25, -0.2) is 4.39 Å². The Morgan fingerprint density at radius 1 is 1.40 bits per heavy atom. The Balaban J connectivity index is 1.88. The third-order valence-corrected chi connectivity index (χ3v) is 4.02. The summed E-state index contributed by atoms with van der Waals surface area (Å²) < 4.78 is 13.8. The molecule has 108 valence electrons. The van der Waals surface area contributed by atoms with E-state index in [2.05, 4.69) is 5.32 Å². The predicted molar refractivity (Wildman–Crippen MR) is 82.1 cm³/mol. The minimum absolute atomic E-state index is 0.140. The molecule has 1 amide bonds. The molecule has 3 nitrogen and oxygen atoms in total. The molecular formula is C15H19FN2OS. The fourth-order valence-corrected chi connectivity index (χ4v) is 2.74. The molecule has 1 fully saturated rings. The van der Waals surface area contributed by atoms with Crippen molar-refractivity contribution in [1.29, 1.82) is 0 Å². The zero-order valence-electron chi connectivity index (χ0n) is 11.3. The van der Waals surface area contributed by atoms with Gasteiger partial charge in [0.1, 0.15) is 10.8 Å². The molecule has 0 atom stereocenters. The average molecular weight is 294 g/mol. The van der Waals surface area contributed by atoms with Crippen molar-refractivity contribution in [3.63, 3.8) is 0 Å². The molecule has 0 unspecified atom stereocenters. The van der Waals surface area contributed by atoms with Gasteiger partial charge in [-0.15, -0.1) is 0 Å². The summed E-state index contributed by atoms with van der Waals surface area (Å²) >= 11 is 4.78. The van der Waals surface area contributed by atoms with Gasteiger partial charge in [0.25, 0.3) is 0 Å². The van der Waals surface area contributed by atoms with Crippen molar-refractivity contribution < 1.29 is 9.18 Å². The number of anilines is 1. The molecule has 20 heavy (non-hydrogen) atoms. The zero-order chi connectivity index (χ0) is 14.5. The van der Waals surface area contributed by atoms with Gasteiger partial charge in [-0.1, -0.05) is 37.9 Å². The first-order valence-corrected chi connectivity index (χ1v) is 7.36. The smallest absolute Gasteiger partial charge is 0.224 e. The van der Waals surface area contributed by atoms with Crippen LogP contribution in [-0.2, 0) is 4.79 Å². The van der Waals surface area contributed by atoms with Crippen molar-refractivity contribution in [2.75, 3.05) is 5.32 Å². The van der Waals surface area contributed by atoms with E-state index in [0.29, 0.717) is 17.9 Å². The number of hydrogen-bond donors (Lipinski definition) is 2. The van der Waals surface area contributed by atoms with E-state index < -0.39 is 5.82 Å². The first kappa shape index (κ1) is 14.9. The van der Waals surface area contributed by atoms with Gasteiger partial charge in [0.2, 0.25) is 5.91 Å². The molecule has 3 N–H and O–H groups in total. The fourth-order valence-electron chi connectivity index (χ4n) is 2.62. The van der Waals surface area contributed by atoms with Gasteiger partial charge in [-0.3, -0.25) is 4.79 Å². The average Bonchev–Trinajstić information content (AvgIpc) is 2.91. The molecule has 1 aromatic carbocycles. The number of carbonyl (C=O) groups is 1. The number of halogens is 1. The Labute approximate surface area is 123 Å². The van der Waals surface area contributed by atoms with Crippen LogP contribution in [0.1, 0.15) is 44.1 Å². The van der Waals surface area contributed by atoms with Crippen molar-refractivity contribution in [3.05, 3.63) is 29.6 Å². The van der Waals surface area contributed by atoms with Gasteiger partial charge in [-0.05, 0) is 30.5 Å². The van der Waals surface area contributed by atoms with Crippen LogP contribution >= 0.6 is 12.2 Å². The van der Waals surface area contributed by atoms with E-state index in [1.165, 1.54) is 37.8 Å². The number of amides is 1. The lowest BCUT2D eigenvalue weighted by atomic mass is 10.0. The normalized spacial score (nSPS) is 15.2. The van der Waals surface area contributed by atoms with Gasteiger partial charge >= 0.3 is 0 Å². The molecule has 0 aromatic heterocycles. The molecule has 0 heterocycles. The number of hydrogen-bond acceptors (Lipinski definition) is 2. The summed E-state index contributed by atoms with van der Waals surface area (Å²) in [6.45, 7) is 0. The van der Waals surface area contributed by atoms with Crippen molar-refractivity contribution in [3.8, 4) is 0 Å². The second kappa shape index (κ2) is 6.79. The maximum Gasteiger partial charge on any atom is 0.224 e. The standard InChI is InChI=1S/C15H19FN2OS/c16-12-9-11(15(17)20)6-7-13(12)18-14(19)8-5-10-3-1-2-4-10/h6-7,9-10H,1-5,8H2,(H2,17,20)(H,18,19). The Bertz CT molecular complexity index is 513. The number of nitrogens with two attached hydrogens (primary N) is 1. The maximum absolute atomic E-state index is 13.8. The molecule has 1 aliphatic carbocycles. The Morgan fingerprint density at radius 3 is 2.70 bits per heavy atom. The van der Waals surface area contributed by atoms with Gasteiger partial charge in [0.15, 0.2) is 0 Å². The minimum atomic E-state index is -0.510. The van der Waals surface area contributed by atoms with Crippen LogP contribution < -0.4 is 11.1 Å². The molecule has 0 saturated heterocycles. The Hall–Kier alpha value is -1.49. The third kappa shape index (κ3) is 4.00. The summed E-state index contributed by atoms with van der Waals surface area (Å²) in [5.74, 6) is 0.00554. The van der Waals surface area contributed by atoms with Gasteiger partial charge in [0, 0.05) is 12.0 Å². The summed E-state index contributed by atoms with van der Waals surface area (Å²) in [6, 6.07) is 4.35. The second-order valence-electron chi connectivity index (χ2n) is 5.30. The highest BCUT2D eigenvalue weighted by molar-refractivity contribution is 7.80. The van der Waals surface area contributed by atoms with E-state index in [0.717, 1.165) is 6.42 Å². The molecule has 1 saturated carbocycles. The van der Waals surface area contributed by atoms with E-state index in [1.54, 1.807) is 6.07 Å². The van der Waals surface area contributed by atoms with Crippen molar-refractivity contribution in [1.82, 2.24) is 0 Å². The summed E-state index contributed by atoms with van der Waals surface area (Å²) in [6.07, 6.45) is 6.29. The van der Waals surface area contributed by atoms with E-state index in [4.69, 9.17) is 18.0 Å². The zero-order valence-corrected chi connectivity index (χ0v) is 12.1. The number of carbonyl (C=O) groups excluding carboxylic acids is 1. The lowest BCUT2D eigenvalue weighted by Gasteiger charge is -2.10. The van der Waals surface area contributed by atoms with Gasteiger partial charge < -0.3 is 11.1 Å². The molecule has 1 aromatic rings. The molecular weight excluding hydrogens is 275 g/mol. The van der Waals surface area contributed by atoms with Crippen LogP contribution in [0.3, 0.4) is 0 Å². The largest absolute Gasteiger partial charge is 0.389 e. The SMILES string of the molecule is NC(=S)c1ccc(NC(=O)CCC2CCCC2)c(F)c1. The number of thiocarbonyl (C=S) groups is 1. The molecule has 2 rings (SSSR count). The van der Waals surface area contributed by atoms with Gasteiger partial charge in [-0.2, -0.15) is 0 Å². The van der Waals surface area contributed by atoms with Crippen molar-refractivity contribution in [2.45, 2.75) is 38.5 Å². The monoisotopic (exact) mass is 294 g/mol. The van der Waals surface area contributed by atoms with Crippen molar-refractivity contribution >= 4 is 28.8 Å².